The second-order valence-electron chi connectivity index (χ2n) is 2.73. The van der Waals surface area contributed by atoms with Crippen LogP contribution in [0.5, 0.6) is 5.75 Å². The number of benzene rings is 1. The lowest BCUT2D eigenvalue weighted by Crippen LogP contribution is -2.11. The third kappa shape index (κ3) is 2.76. The van der Waals surface area contributed by atoms with Crippen LogP contribution in [0.4, 0.5) is 20.2 Å². The Bertz CT molecular complexity index is 305. The van der Waals surface area contributed by atoms with Crippen LogP contribution in [0.1, 0.15) is 0 Å². The Hall–Kier alpha value is -1.52. The summed E-state index contributed by atoms with van der Waals surface area (Å²) in [7, 11) is 1.51. The van der Waals surface area contributed by atoms with Crippen LogP contribution in [0.25, 0.3) is 0 Å². The molecule has 0 fully saturated rings. The first-order valence-electron chi connectivity index (χ1n) is 4.09. The third-order valence-electron chi connectivity index (χ3n) is 1.71. The van der Waals surface area contributed by atoms with E-state index in [-0.39, 0.29) is 0 Å². The normalized spacial score (nSPS) is 10.3. The van der Waals surface area contributed by atoms with E-state index in [0.717, 1.165) is 0 Å². The second-order valence-corrected chi connectivity index (χ2v) is 2.73. The van der Waals surface area contributed by atoms with Gasteiger partial charge >= 0.3 is 0 Å². The highest BCUT2D eigenvalue weighted by atomic mass is 19.3. The first-order valence-corrected chi connectivity index (χ1v) is 4.09. The van der Waals surface area contributed by atoms with Crippen molar-refractivity contribution in [2.24, 2.45) is 0 Å². The van der Waals surface area contributed by atoms with Crippen molar-refractivity contribution in [3.8, 4) is 5.75 Å². The van der Waals surface area contributed by atoms with E-state index >= 15 is 0 Å². The summed E-state index contributed by atoms with van der Waals surface area (Å²) < 4.78 is 28.7. The molecule has 0 unspecified atom stereocenters. The Morgan fingerprint density at radius 3 is 2.71 bits per heavy atom. The molecular weight excluding hydrogens is 190 g/mol. The summed E-state index contributed by atoms with van der Waals surface area (Å²) in [4.78, 5) is 0. The molecule has 0 aliphatic heterocycles. The van der Waals surface area contributed by atoms with Crippen LogP contribution in [0, 0.1) is 0 Å². The summed E-state index contributed by atoms with van der Waals surface area (Å²) >= 11 is 0. The molecule has 78 valence electrons. The Morgan fingerprint density at radius 1 is 1.50 bits per heavy atom. The maximum Gasteiger partial charge on any atom is 0.255 e. The number of ether oxygens (including phenoxy) is 1. The van der Waals surface area contributed by atoms with Crippen LogP contribution in [0.2, 0.25) is 0 Å². The zero-order chi connectivity index (χ0) is 10.6. The van der Waals surface area contributed by atoms with E-state index in [4.69, 9.17) is 10.5 Å². The van der Waals surface area contributed by atoms with E-state index in [1.54, 1.807) is 18.2 Å². The minimum atomic E-state index is -2.39. The van der Waals surface area contributed by atoms with Crippen molar-refractivity contribution < 1.29 is 13.5 Å². The maximum absolute atomic E-state index is 11.9. The largest absolute Gasteiger partial charge is 0.497 e. The van der Waals surface area contributed by atoms with Gasteiger partial charge in [-0.1, -0.05) is 0 Å². The molecule has 0 aromatic heterocycles. The number of nitrogen functional groups attached to an aromatic ring is 1. The number of alkyl halides is 2. The third-order valence-corrected chi connectivity index (χ3v) is 1.71. The van der Waals surface area contributed by atoms with Gasteiger partial charge in [-0.05, 0) is 12.1 Å². The molecule has 0 radical (unpaired) electrons. The topological polar surface area (TPSA) is 47.3 Å². The van der Waals surface area contributed by atoms with Gasteiger partial charge in [0.2, 0.25) is 0 Å². The Balaban J connectivity index is 2.69. The first-order chi connectivity index (χ1) is 6.63. The fraction of sp³-hybridized carbons (Fsp3) is 0.333. The molecule has 0 saturated carbocycles. The SMILES string of the molecule is COc1ccc(NCC(F)F)c(N)c1. The Morgan fingerprint density at radius 2 is 2.21 bits per heavy atom. The lowest BCUT2D eigenvalue weighted by atomic mass is 10.2. The van der Waals surface area contributed by atoms with E-state index in [1.807, 2.05) is 0 Å². The van der Waals surface area contributed by atoms with Crippen molar-refractivity contribution in [1.82, 2.24) is 0 Å². The van der Waals surface area contributed by atoms with Crippen molar-refractivity contribution in [3.05, 3.63) is 18.2 Å². The second kappa shape index (κ2) is 4.64. The van der Waals surface area contributed by atoms with Crippen molar-refractivity contribution in [2.75, 3.05) is 24.7 Å². The van der Waals surface area contributed by atoms with E-state index in [1.165, 1.54) is 7.11 Å². The zero-order valence-electron chi connectivity index (χ0n) is 7.76. The summed E-state index contributed by atoms with van der Waals surface area (Å²) in [6.07, 6.45) is -2.39. The van der Waals surface area contributed by atoms with Crippen LogP contribution < -0.4 is 15.8 Å². The Kier molecular flexibility index (Phi) is 3.50. The predicted molar refractivity (Wildman–Crippen MR) is 51.9 cm³/mol. The van der Waals surface area contributed by atoms with Crippen molar-refractivity contribution in [2.45, 2.75) is 6.43 Å². The molecule has 3 nitrogen and oxygen atoms in total. The van der Waals surface area contributed by atoms with Gasteiger partial charge in [-0.3, -0.25) is 0 Å². The Labute approximate surface area is 80.9 Å². The highest BCUT2D eigenvalue weighted by molar-refractivity contribution is 5.68. The molecule has 1 rings (SSSR count). The van der Waals surface area contributed by atoms with Crippen LogP contribution in [0.3, 0.4) is 0 Å². The monoisotopic (exact) mass is 202 g/mol. The maximum atomic E-state index is 11.9. The first kappa shape index (κ1) is 10.6. The number of hydrogen-bond acceptors (Lipinski definition) is 3. The number of halogens is 2. The molecule has 0 heterocycles. The molecule has 1 aromatic rings. The van der Waals surface area contributed by atoms with Crippen LogP contribution in [0.15, 0.2) is 18.2 Å². The quantitative estimate of drug-likeness (QED) is 0.733. The number of rotatable bonds is 4. The molecule has 0 amide bonds. The fourth-order valence-corrected chi connectivity index (χ4v) is 1.02. The summed E-state index contributed by atoms with van der Waals surface area (Å²) in [6, 6.07) is 4.84. The molecule has 0 saturated heterocycles. The fourth-order valence-electron chi connectivity index (χ4n) is 1.02. The number of anilines is 2. The van der Waals surface area contributed by atoms with Crippen LogP contribution in [-0.2, 0) is 0 Å². The molecule has 0 bridgehead atoms. The van der Waals surface area contributed by atoms with Gasteiger partial charge in [0.1, 0.15) is 5.75 Å². The van der Waals surface area contributed by atoms with Crippen molar-refractivity contribution in [1.29, 1.82) is 0 Å². The van der Waals surface area contributed by atoms with Gasteiger partial charge < -0.3 is 15.8 Å². The zero-order valence-corrected chi connectivity index (χ0v) is 7.76. The summed E-state index contributed by atoms with van der Waals surface area (Å²) in [6.45, 7) is -0.406. The summed E-state index contributed by atoms with van der Waals surface area (Å²) in [5.74, 6) is 0.602. The van der Waals surface area contributed by atoms with E-state index in [0.29, 0.717) is 17.1 Å². The van der Waals surface area contributed by atoms with Crippen LogP contribution >= 0.6 is 0 Å². The molecule has 0 aliphatic carbocycles. The molecule has 5 heteroatoms. The van der Waals surface area contributed by atoms with Crippen molar-refractivity contribution in [3.63, 3.8) is 0 Å². The van der Waals surface area contributed by atoms with Gasteiger partial charge in [0.25, 0.3) is 6.43 Å². The van der Waals surface area contributed by atoms with Gasteiger partial charge in [0.15, 0.2) is 0 Å². The molecule has 0 atom stereocenters. The molecule has 3 N–H and O–H groups in total. The average molecular weight is 202 g/mol. The van der Waals surface area contributed by atoms with E-state index in [2.05, 4.69) is 5.32 Å². The minimum absolute atomic E-state index is 0.394. The van der Waals surface area contributed by atoms with E-state index < -0.39 is 13.0 Å². The van der Waals surface area contributed by atoms with Crippen molar-refractivity contribution >= 4 is 11.4 Å². The highest BCUT2D eigenvalue weighted by Gasteiger charge is 2.04. The highest BCUT2D eigenvalue weighted by Crippen LogP contribution is 2.23. The number of methoxy groups -OCH3 is 1. The smallest absolute Gasteiger partial charge is 0.255 e. The van der Waals surface area contributed by atoms with Gasteiger partial charge in [-0.15, -0.1) is 0 Å². The van der Waals surface area contributed by atoms with Gasteiger partial charge in [-0.2, -0.15) is 0 Å². The van der Waals surface area contributed by atoms with Crippen LogP contribution in [-0.4, -0.2) is 20.1 Å². The standard InChI is InChI=1S/C9H12F2N2O/c1-14-6-2-3-8(7(12)4-6)13-5-9(10)11/h2-4,9,13H,5,12H2,1H3. The average Bonchev–Trinajstić information content (AvgIpc) is 2.15. The number of nitrogens with two attached hydrogens (primary N) is 1. The molecule has 0 aliphatic rings. The number of hydrogen-bond donors (Lipinski definition) is 2. The molecule has 1 aromatic carbocycles. The number of nitrogens with one attached hydrogen (secondary N) is 1. The molecule has 14 heavy (non-hydrogen) atoms. The van der Waals surface area contributed by atoms with Gasteiger partial charge in [0.05, 0.1) is 25.0 Å². The minimum Gasteiger partial charge on any atom is -0.497 e. The summed E-state index contributed by atoms with van der Waals surface area (Å²) in [5.41, 5.74) is 6.48. The molecule has 0 spiro atoms. The van der Waals surface area contributed by atoms with Gasteiger partial charge in [0, 0.05) is 6.07 Å². The lowest BCUT2D eigenvalue weighted by molar-refractivity contribution is 0.163. The van der Waals surface area contributed by atoms with Gasteiger partial charge in [-0.25, -0.2) is 8.78 Å². The van der Waals surface area contributed by atoms with E-state index in [9.17, 15) is 8.78 Å². The summed E-state index contributed by atoms with van der Waals surface area (Å²) in [5, 5.41) is 2.53. The molecular formula is C9H12F2N2O. The predicted octanol–water partition coefficient (Wildman–Crippen LogP) is 1.95. The lowest BCUT2D eigenvalue weighted by Gasteiger charge is -2.09.